The maximum Gasteiger partial charge on any atom is 0.298 e. The van der Waals surface area contributed by atoms with Gasteiger partial charge in [0.15, 0.2) is 5.82 Å². The second-order valence-corrected chi connectivity index (χ2v) is 7.73. The van der Waals surface area contributed by atoms with Gasteiger partial charge in [-0.2, -0.15) is 9.36 Å². The first kappa shape index (κ1) is 21.0. The minimum atomic E-state index is 0.0422. The fourth-order valence-electron chi connectivity index (χ4n) is 3.10. The van der Waals surface area contributed by atoms with Crippen molar-refractivity contribution in [3.05, 3.63) is 71.0 Å². The number of aromatic nitrogens is 2. The Balaban J connectivity index is 1.74. The summed E-state index contributed by atoms with van der Waals surface area (Å²) in [5.41, 5.74) is 2.76. The summed E-state index contributed by atoms with van der Waals surface area (Å²) in [7, 11) is 0. The van der Waals surface area contributed by atoms with E-state index >= 15 is 0 Å². The molecule has 0 bridgehead atoms. The van der Waals surface area contributed by atoms with E-state index in [1.807, 2.05) is 48.2 Å². The second kappa shape index (κ2) is 10.2. The number of nitrogens with zero attached hydrogens (tertiary/aromatic N) is 3. The molecule has 0 saturated heterocycles. The summed E-state index contributed by atoms with van der Waals surface area (Å²) in [6.07, 6.45) is 2.55. The second-order valence-electron chi connectivity index (χ2n) is 7.01. The number of amides is 1. The van der Waals surface area contributed by atoms with Crippen LogP contribution in [0.15, 0.2) is 48.5 Å². The molecule has 1 amide bonds. The van der Waals surface area contributed by atoms with Crippen molar-refractivity contribution < 1.29 is 9.53 Å². The molecule has 0 radical (unpaired) electrons. The Labute approximate surface area is 176 Å². The number of carbonyl (C=O) groups excluding carboxylic acids is 1. The Morgan fingerprint density at radius 3 is 2.48 bits per heavy atom. The molecule has 0 fully saturated rings. The van der Waals surface area contributed by atoms with E-state index in [-0.39, 0.29) is 5.91 Å². The molecule has 1 aromatic heterocycles. The van der Waals surface area contributed by atoms with Crippen molar-refractivity contribution >= 4 is 17.4 Å². The van der Waals surface area contributed by atoms with Crippen molar-refractivity contribution in [3.8, 4) is 10.9 Å². The van der Waals surface area contributed by atoms with Gasteiger partial charge in [0.1, 0.15) is 5.75 Å². The third-order valence-electron chi connectivity index (χ3n) is 4.56. The van der Waals surface area contributed by atoms with Crippen LogP contribution in [0.3, 0.4) is 0 Å². The third kappa shape index (κ3) is 5.64. The van der Waals surface area contributed by atoms with Gasteiger partial charge in [0.2, 0.25) is 0 Å². The molecule has 0 unspecified atom stereocenters. The first-order valence-electron chi connectivity index (χ1n) is 10.0. The molecule has 3 aromatic rings. The summed E-state index contributed by atoms with van der Waals surface area (Å²) in [5, 5.41) is 0.489. The number of hydrogen-bond donors (Lipinski definition) is 0. The normalized spacial score (nSPS) is 10.7. The van der Waals surface area contributed by atoms with E-state index in [1.54, 1.807) is 0 Å². The van der Waals surface area contributed by atoms with Gasteiger partial charge in [-0.15, -0.1) is 0 Å². The summed E-state index contributed by atoms with van der Waals surface area (Å²) >= 11 is 1.23. The summed E-state index contributed by atoms with van der Waals surface area (Å²) < 4.78 is 10.4. The number of aryl methyl sites for hydroxylation is 1. The SMILES string of the molecule is CCCN(CCC)C(=O)c1ccc(C)c(Oc2nc(Cc3ccccc3)ns2)c1. The Morgan fingerprint density at radius 1 is 1.07 bits per heavy atom. The van der Waals surface area contributed by atoms with Gasteiger partial charge in [-0.05, 0) is 43.0 Å². The van der Waals surface area contributed by atoms with Gasteiger partial charge in [0.25, 0.3) is 11.1 Å². The molecule has 29 heavy (non-hydrogen) atoms. The van der Waals surface area contributed by atoms with Gasteiger partial charge < -0.3 is 9.64 Å². The van der Waals surface area contributed by atoms with Crippen molar-refractivity contribution in [3.63, 3.8) is 0 Å². The molecule has 0 atom stereocenters. The summed E-state index contributed by atoms with van der Waals surface area (Å²) in [4.78, 5) is 19.3. The quantitative estimate of drug-likeness (QED) is 0.469. The minimum absolute atomic E-state index is 0.0422. The summed E-state index contributed by atoms with van der Waals surface area (Å²) in [6.45, 7) is 7.65. The number of ether oxygens (including phenoxy) is 1. The zero-order chi connectivity index (χ0) is 20.6. The third-order valence-corrected chi connectivity index (χ3v) is 5.19. The molecule has 2 aromatic carbocycles. The van der Waals surface area contributed by atoms with Crippen molar-refractivity contribution in [2.24, 2.45) is 0 Å². The van der Waals surface area contributed by atoms with Gasteiger partial charge in [0.05, 0.1) is 0 Å². The molecule has 0 N–H and O–H groups in total. The topological polar surface area (TPSA) is 55.3 Å². The predicted molar refractivity (Wildman–Crippen MR) is 117 cm³/mol. The molecule has 6 heteroatoms. The molecule has 0 saturated carbocycles. The van der Waals surface area contributed by atoms with Crippen LogP contribution in [0, 0.1) is 6.92 Å². The molecule has 152 valence electrons. The molecular formula is C23H27N3O2S. The minimum Gasteiger partial charge on any atom is -0.430 e. The van der Waals surface area contributed by atoms with Gasteiger partial charge in [-0.3, -0.25) is 4.79 Å². The van der Waals surface area contributed by atoms with E-state index in [9.17, 15) is 4.79 Å². The van der Waals surface area contributed by atoms with E-state index in [4.69, 9.17) is 4.74 Å². The first-order chi connectivity index (χ1) is 14.1. The van der Waals surface area contributed by atoms with Crippen molar-refractivity contribution in [1.29, 1.82) is 0 Å². The van der Waals surface area contributed by atoms with Crippen LogP contribution in [0.25, 0.3) is 0 Å². The lowest BCUT2D eigenvalue weighted by atomic mass is 10.1. The van der Waals surface area contributed by atoms with Crippen molar-refractivity contribution in [2.75, 3.05) is 13.1 Å². The summed E-state index contributed by atoms with van der Waals surface area (Å²) in [5.74, 6) is 1.42. The maximum atomic E-state index is 12.9. The zero-order valence-corrected chi connectivity index (χ0v) is 18.0. The van der Waals surface area contributed by atoms with Crippen LogP contribution in [-0.4, -0.2) is 33.3 Å². The van der Waals surface area contributed by atoms with Crippen molar-refractivity contribution in [2.45, 2.75) is 40.0 Å². The van der Waals surface area contributed by atoms with Crippen LogP contribution in [0.2, 0.25) is 0 Å². The molecule has 3 rings (SSSR count). The van der Waals surface area contributed by atoms with Crippen LogP contribution >= 0.6 is 11.5 Å². The Morgan fingerprint density at radius 2 is 1.79 bits per heavy atom. The van der Waals surface area contributed by atoms with Gasteiger partial charge in [0, 0.05) is 36.6 Å². The van der Waals surface area contributed by atoms with Crippen LogP contribution in [0.4, 0.5) is 0 Å². The largest absolute Gasteiger partial charge is 0.430 e. The predicted octanol–water partition coefficient (Wildman–Crippen LogP) is 5.49. The fraction of sp³-hybridized carbons (Fsp3) is 0.348. The maximum absolute atomic E-state index is 12.9. The van der Waals surface area contributed by atoms with Gasteiger partial charge in [-0.1, -0.05) is 50.2 Å². The summed E-state index contributed by atoms with van der Waals surface area (Å²) in [6, 6.07) is 15.7. The molecule has 0 aliphatic heterocycles. The van der Waals surface area contributed by atoms with Crippen LogP contribution in [0.1, 0.15) is 54.0 Å². The number of carbonyl (C=O) groups is 1. The first-order valence-corrected chi connectivity index (χ1v) is 10.8. The standard InChI is InChI=1S/C23H27N3O2S/c1-4-13-26(14-5-2)22(27)19-12-11-17(3)20(16-19)28-23-24-21(25-29-23)15-18-9-7-6-8-10-18/h6-12,16H,4-5,13-15H2,1-3H3. The van der Waals surface area contributed by atoms with E-state index in [2.05, 4.69) is 35.3 Å². The van der Waals surface area contributed by atoms with E-state index in [1.165, 1.54) is 11.5 Å². The lowest BCUT2D eigenvalue weighted by molar-refractivity contribution is 0.0755. The molecule has 0 spiro atoms. The van der Waals surface area contributed by atoms with Crippen LogP contribution in [-0.2, 0) is 6.42 Å². The number of rotatable bonds is 9. The smallest absolute Gasteiger partial charge is 0.298 e. The Hall–Kier alpha value is -2.73. The lowest BCUT2D eigenvalue weighted by Gasteiger charge is -2.22. The monoisotopic (exact) mass is 409 g/mol. The molecule has 1 heterocycles. The number of benzene rings is 2. The van der Waals surface area contributed by atoms with Crippen molar-refractivity contribution in [1.82, 2.24) is 14.3 Å². The highest BCUT2D eigenvalue weighted by molar-refractivity contribution is 7.07. The van der Waals surface area contributed by atoms with E-state index < -0.39 is 0 Å². The molecule has 0 aliphatic carbocycles. The zero-order valence-electron chi connectivity index (χ0n) is 17.2. The average molecular weight is 410 g/mol. The van der Waals surface area contributed by atoms with E-state index in [0.29, 0.717) is 22.9 Å². The fourth-order valence-corrected chi connectivity index (χ4v) is 3.67. The highest BCUT2D eigenvalue weighted by Gasteiger charge is 2.17. The Kier molecular flexibility index (Phi) is 7.36. The molecule has 0 aliphatic rings. The number of hydrogen-bond acceptors (Lipinski definition) is 5. The highest BCUT2D eigenvalue weighted by Crippen LogP contribution is 2.28. The molecular weight excluding hydrogens is 382 g/mol. The van der Waals surface area contributed by atoms with Crippen LogP contribution < -0.4 is 4.74 Å². The van der Waals surface area contributed by atoms with Gasteiger partial charge >= 0.3 is 0 Å². The molecule has 5 nitrogen and oxygen atoms in total. The Bertz CT molecular complexity index is 934. The van der Waals surface area contributed by atoms with Crippen LogP contribution in [0.5, 0.6) is 10.9 Å². The van der Waals surface area contributed by atoms with E-state index in [0.717, 1.165) is 42.9 Å². The lowest BCUT2D eigenvalue weighted by Crippen LogP contribution is -2.32. The average Bonchev–Trinajstić information content (AvgIpc) is 3.16. The highest BCUT2D eigenvalue weighted by atomic mass is 32.1. The van der Waals surface area contributed by atoms with Gasteiger partial charge in [-0.25, -0.2) is 0 Å².